The quantitative estimate of drug-likeness (QED) is 0.663. The Morgan fingerprint density at radius 3 is 2.94 bits per heavy atom. The van der Waals surface area contributed by atoms with Gasteiger partial charge in [-0.05, 0) is 18.9 Å². The highest BCUT2D eigenvalue weighted by molar-refractivity contribution is 5.91. The van der Waals surface area contributed by atoms with Crippen molar-refractivity contribution in [1.29, 1.82) is 0 Å². The summed E-state index contributed by atoms with van der Waals surface area (Å²) in [5, 5.41) is 8.52. The van der Waals surface area contributed by atoms with E-state index in [2.05, 4.69) is 15.5 Å². The zero-order valence-corrected chi connectivity index (χ0v) is 9.16. The minimum atomic E-state index is -0.323. The Bertz CT molecular complexity index is 369. The fourth-order valence-corrected chi connectivity index (χ4v) is 1.13. The van der Waals surface area contributed by atoms with E-state index < -0.39 is 0 Å². The summed E-state index contributed by atoms with van der Waals surface area (Å²) < 4.78 is 4.88. The van der Waals surface area contributed by atoms with Crippen LogP contribution in [0.25, 0.3) is 0 Å². The van der Waals surface area contributed by atoms with Gasteiger partial charge in [-0.15, -0.1) is 0 Å². The summed E-state index contributed by atoms with van der Waals surface area (Å²) in [6.07, 6.45) is 1.75. The fourth-order valence-electron chi connectivity index (χ4n) is 1.13. The van der Waals surface area contributed by atoms with E-state index in [4.69, 9.17) is 4.74 Å². The molecule has 88 valence electrons. The van der Waals surface area contributed by atoms with Crippen molar-refractivity contribution in [2.24, 2.45) is 0 Å². The van der Waals surface area contributed by atoms with Gasteiger partial charge in [0.2, 0.25) is 0 Å². The minimum Gasteiger partial charge on any atom is -0.385 e. The Morgan fingerprint density at radius 2 is 2.31 bits per heavy atom. The number of nitrogens with zero attached hydrogens (tertiary/aromatic N) is 1. The van der Waals surface area contributed by atoms with Crippen molar-refractivity contribution in [1.82, 2.24) is 15.5 Å². The monoisotopic (exact) mass is 225 g/mol. The lowest BCUT2D eigenvalue weighted by Crippen LogP contribution is -2.26. The van der Waals surface area contributed by atoms with Crippen LogP contribution in [0.5, 0.6) is 0 Å². The van der Waals surface area contributed by atoms with Crippen molar-refractivity contribution in [2.45, 2.75) is 12.8 Å². The minimum absolute atomic E-state index is 0.214. The summed E-state index contributed by atoms with van der Waals surface area (Å²) in [7, 11) is 1.64. The number of carbonyl (C=O) groups is 1. The van der Waals surface area contributed by atoms with Crippen molar-refractivity contribution in [2.75, 3.05) is 20.3 Å². The number of ether oxygens (including phenoxy) is 1. The molecule has 0 aliphatic rings. The summed E-state index contributed by atoms with van der Waals surface area (Å²) in [6, 6.07) is 2.66. The summed E-state index contributed by atoms with van der Waals surface area (Å²) in [5.74, 6) is -0.284. The lowest BCUT2D eigenvalue weighted by Gasteiger charge is -2.03. The first-order chi connectivity index (χ1) is 7.74. The van der Waals surface area contributed by atoms with Crippen LogP contribution in [-0.2, 0) is 4.74 Å². The van der Waals surface area contributed by atoms with Gasteiger partial charge in [0.25, 0.3) is 11.5 Å². The predicted molar refractivity (Wildman–Crippen MR) is 58.3 cm³/mol. The van der Waals surface area contributed by atoms with E-state index in [0.717, 1.165) is 12.8 Å². The Kier molecular flexibility index (Phi) is 5.21. The maximum Gasteiger partial charge on any atom is 0.271 e. The molecule has 6 nitrogen and oxygen atoms in total. The third-order valence-corrected chi connectivity index (χ3v) is 1.97. The number of amides is 1. The second kappa shape index (κ2) is 6.73. The Labute approximate surface area is 93.0 Å². The number of H-pyrrole nitrogens is 1. The number of aromatic nitrogens is 2. The number of aromatic amines is 1. The van der Waals surface area contributed by atoms with Crippen LogP contribution in [0.3, 0.4) is 0 Å². The Hall–Kier alpha value is -1.69. The average molecular weight is 225 g/mol. The maximum atomic E-state index is 11.5. The molecule has 1 rings (SSSR count). The Morgan fingerprint density at radius 1 is 1.50 bits per heavy atom. The van der Waals surface area contributed by atoms with Gasteiger partial charge in [0.1, 0.15) is 5.69 Å². The number of methoxy groups -OCH3 is 1. The van der Waals surface area contributed by atoms with Gasteiger partial charge in [0.05, 0.1) is 0 Å². The molecule has 0 fully saturated rings. The standard InChI is InChI=1S/C10H15N3O3/c1-16-7-3-2-6-11-10(15)8-4-5-9(14)13-12-8/h4-5H,2-3,6-7H2,1H3,(H,11,15)(H,13,14). The van der Waals surface area contributed by atoms with Gasteiger partial charge in [-0.3, -0.25) is 9.59 Å². The highest BCUT2D eigenvalue weighted by atomic mass is 16.5. The molecule has 0 spiro atoms. The number of carbonyl (C=O) groups excluding carboxylic acids is 1. The van der Waals surface area contributed by atoms with Crippen LogP contribution in [-0.4, -0.2) is 36.4 Å². The first-order valence-corrected chi connectivity index (χ1v) is 5.07. The second-order valence-corrected chi connectivity index (χ2v) is 3.26. The van der Waals surface area contributed by atoms with E-state index in [1.165, 1.54) is 12.1 Å². The molecule has 1 heterocycles. The van der Waals surface area contributed by atoms with Gasteiger partial charge < -0.3 is 10.1 Å². The number of hydrogen-bond acceptors (Lipinski definition) is 4. The summed E-state index contributed by atoms with van der Waals surface area (Å²) in [6.45, 7) is 1.26. The highest BCUT2D eigenvalue weighted by Crippen LogP contribution is 1.91. The Balaban J connectivity index is 2.30. The molecule has 1 amide bonds. The first kappa shape index (κ1) is 12.4. The van der Waals surface area contributed by atoms with Crippen LogP contribution in [0.1, 0.15) is 23.3 Å². The second-order valence-electron chi connectivity index (χ2n) is 3.26. The lowest BCUT2D eigenvalue weighted by molar-refractivity contribution is 0.0945. The van der Waals surface area contributed by atoms with Crippen LogP contribution in [0.2, 0.25) is 0 Å². The molecule has 0 aliphatic carbocycles. The van der Waals surface area contributed by atoms with Gasteiger partial charge >= 0.3 is 0 Å². The summed E-state index contributed by atoms with van der Waals surface area (Å²) in [5.41, 5.74) is -0.108. The molecular weight excluding hydrogens is 210 g/mol. The normalized spacial score (nSPS) is 10.1. The van der Waals surface area contributed by atoms with Crippen molar-refractivity contribution in [3.05, 3.63) is 28.2 Å². The number of rotatable bonds is 6. The van der Waals surface area contributed by atoms with Gasteiger partial charge in [0.15, 0.2) is 0 Å². The smallest absolute Gasteiger partial charge is 0.271 e. The number of hydrogen-bond donors (Lipinski definition) is 2. The van der Waals surface area contributed by atoms with Gasteiger partial charge in [-0.1, -0.05) is 0 Å². The maximum absolute atomic E-state index is 11.5. The molecule has 2 N–H and O–H groups in total. The molecule has 1 aromatic rings. The first-order valence-electron chi connectivity index (χ1n) is 5.07. The molecule has 0 radical (unpaired) electrons. The molecule has 16 heavy (non-hydrogen) atoms. The summed E-state index contributed by atoms with van der Waals surface area (Å²) in [4.78, 5) is 22.2. The zero-order chi connectivity index (χ0) is 11.8. The van der Waals surface area contributed by atoms with Crippen LogP contribution in [0.4, 0.5) is 0 Å². The zero-order valence-electron chi connectivity index (χ0n) is 9.16. The molecule has 0 aromatic carbocycles. The third kappa shape index (κ3) is 4.22. The van der Waals surface area contributed by atoms with Crippen LogP contribution in [0.15, 0.2) is 16.9 Å². The van der Waals surface area contributed by atoms with Gasteiger partial charge in [0, 0.05) is 26.3 Å². The van der Waals surface area contributed by atoms with Crippen molar-refractivity contribution in [3.63, 3.8) is 0 Å². The van der Waals surface area contributed by atoms with Crippen molar-refractivity contribution >= 4 is 5.91 Å². The van der Waals surface area contributed by atoms with E-state index in [1.807, 2.05) is 0 Å². The molecular formula is C10H15N3O3. The molecule has 1 aromatic heterocycles. The van der Waals surface area contributed by atoms with Gasteiger partial charge in [-0.2, -0.15) is 5.10 Å². The van der Waals surface area contributed by atoms with Crippen LogP contribution in [0, 0.1) is 0 Å². The fraction of sp³-hybridized carbons (Fsp3) is 0.500. The van der Waals surface area contributed by atoms with Crippen molar-refractivity contribution < 1.29 is 9.53 Å². The lowest BCUT2D eigenvalue weighted by atomic mass is 10.3. The van der Waals surface area contributed by atoms with Gasteiger partial charge in [-0.25, -0.2) is 5.10 Å². The van der Waals surface area contributed by atoms with E-state index in [9.17, 15) is 9.59 Å². The number of unbranched alkanes of at least 4 members (excludes halogenated alkanes) is 1. The van der Waals surface area contributed by atoms with Crippen LogP contribution >= 0.6 is 0 Å². The highest BCUT2D eigenvalue weighted by Gasteiger charge is 2.05. The van der Waals surface area contributed by atoms with E-state index >= 15 is 0 Å². The van der Waals surface area contributed by atoms with Crippen LogP contribution < -0.4 is 10.9 Å². The molecule has 0 aliphatic heterocycles. The van der Waals surface area contributed by atoms with Crippen molar-refractivity contribution in [3.8, 4) is 0 Å². The molecule has 0 saturated carbocycles. The molecule has 6 heteroatoms. The SMILES string of the molecule is COCCCCNC(=O)c1ccc(=O)[nH]n1. The average Bonchev–Trinajstić information content (AvgIpc) is 2.29. The summed E-state index contributed by atoms with van der Waals surface area (Å²) >= 11 is 0. The largest absolute Gasteiger partial charge is 0.385 e. The number of nitrogens with one attached hydrogen (secondary N) is 2. The molecule has 0 saturated heterocycles. The topological polar surface area (TPSA) is 84.1 Å². The van der Waals surface area contributed by atoms with E-state index in [1.54, 1.807) is 7.11 Å². The molecule has 0 unspecified atom stereocenters. The predicted octanol–water partition coefficient (Wildman–Crippen LogP) is -0.0737. The molecule has 0 atom stereocenters. The molecule has 0 bridgehead atoms. The van der Waals surface area contributed by atoms with E-state index in [-0.39, 0.29) is 17.2 Å². The van der Waals surface area contributed by atoms with E-state index in [0.29, 0.717) is 13.2 Å². The third-order valence-electron chi connectivity index (χ3n) is 1.97.